The molecule has 0 fully saturated rings. The van der Waals surface area contributed by atoms with E-state index in [1.165, 1.54) is 141 Å². The van der Waals surface area contributed by atoms with Crippen LogP contribution < -0.4 is 5.73 Å². The van der Waals surface area contributed by atoms with Crippen molar-refractivity contribution in [2.75, 3.05) is 33.0 Å². The van der Waals surface area contributed by atoms with Gasteiger partial charge in [-0.15, -0.1) is 0 Å². The number of phosphoric acid groups is 1. The Labute approximate surface area is 296 Å². The highest BCUT2D eigenvalue weighted by molar-refractivity contribution is 7.47. The minimum atomic E-state index is -4.26. The van der Waals surface area contributed by atoms with E-state index in [0.29, 0.717) is 13.0 Å². The lowest BCUT2D eigenvalue weighted by atomic mass is 10.1. The molecule has 0 spiro atoms. The molecule has 0 rings (SSSR count). The first kappa shape index (κ1) is 47.2. The van der Waals surface area contributed by atoms with Crippen molar-refractivity contribution in [2.24, 2.45) is 5.73 Å². The van der Waals surface area contributed by atoms with Gasteiger partial charge in [0.15, 0.2) is 0 Å². The molecule has 0 aliphatic heterocycles. The van der Waals surface area contributed by atoms with E-state index in [2.05, 4.69) is 26.0 Å². The first-order valence-corrected chi connectivity index (χ1v) is 21.7. The van der Waals surface area contributed by atoms with Crippen molar-refractivity contribution in [3.05, 3.63) is 12.2 Å². The summed E-state index contributed by atoms with van der Waals surface area (Å²) in [6.07, 6.45) is 38.1. The third kappa shape index (κ3) is 36.5. The van der Waals surface area contributed by atoms with Crippen LogP contribution in [0.15, 0.2) is 12.2 Å². The van der Waals surface area contributed by atoms with Gasteiger partial charge in [0.1, 0.15) is 6.10 Å². The number of nitrogens with two attached hydrogens (primary N) is 1. The van der Waals surface area contributed by atoms with Gasteiger partial charge >= 0.3 is 13.8 Å². The SMILES string of the molecule is CCCCCCCCCC/C=C\CCCCCCCCCCCC(=O)OC(COCCCCCCCCCC)COP(=O)(O)OCCN. The van der Waals surface area contributed by atoms with Crippen LogP contribution in [0, 0.1) is 0 Å². The molecule has 0 heterocycles. The van der Waals surface area contributed by atoms with E-state index in [9.17, 15) is 14.3 Å². The van der Waals surface area contributed by atoms with Crippen molar-refractivity contribution in [1.82, 2.24) is 0 Å². The fourth-order valence-electron chi connectivity index (χ4n) is 5.70. The van der Waals surface area contributed by atoms with Crippen LogP contribution in [0.4, 0.5) is 0 Å². The number of esters is 1. The average Bonchev–Trinajstić information content (AvgIpc) is 3.07. The molecule has 2 unspecified atom stereocenters. The molecule has 0 bridgehead atoms. The van der Waals surface area contributed by atoms with Crippen molar-refractivity contribution in [3.8, 4) is 0 Å². The van der Waals surface area contributed by atoms with E-state index in [1.807, 2.05) is 0 Å². The van der Waals surface area contributed by atoms with Gasteiger partial charge in [0.2, 0.25) is 0 Å². The highest BCUT2D eigenvalue weighted by atomic mass is 31.2. The first-order valence-electron chi connectivity index (χ1n) is 20.2. The molecule has 48 heavy (non-hydrogen) atoms. The number of ether oxygens (including phenoxy) is 2. The summed E-state index contributed by atoms with van der Waals surface area (Å²) in [6.45, 7) is 4.92. The van der Waals surface area contributed by atoms with Gasteiger partial charge in [-0.3, -0.25) is 13.8 Å². The van der Waals surface area contributed by atoms with Gasteiger partial charge in [0.25, 0.3) is 0 Å². The third-order valence-electron chi connectivity index (χ3n) is 8.68. The molecular weight excluding hydrogens is 625 g/mol. The fraction of sp³-hybridized carbons (Fsp3) is 0.923. The molecule has 3 N–H and O–H groups in total. The molecule has 0 radical (unpaired) electrons. The summed E-state index contributed by atoms with van der Waals surface area (Å²) < 4.78 is 33.2. The van der Waals surface area contributed by atoms with Gasteiger partial charge in [0.05, 0.1) is 19.8 Å². The zero-order valence-corrected chi connectivity index (χ0v) is 32.4. The van der Waals surface area contributed by atoms with Crippen molar-refractivity contribution in [3.63, 3.8) is 0 Å². The summed E-state index contributed by atoms with van der Waals surface area (Å²) in [5, 5.41) is 0. The lowest BCUT2D eigenvalue weighted by molar-refractivity contribution is -0.154. The molecule has 0 amide bonds. The number of carbonyl (C=O) groups is 1. The molecule has 0 aromatic rings. The molecule has 9 heteroatoms. The molecule has 0 aromatic carbocycles. The van der Waals surface area contributed by atoms with E-state index >= 15 is 0 Å². The summed E-state index contributed by atoms with van der Waals surface area (Å²) in [4.78, 5) is 22.4. The number of carbonyl (C=O) groups excluding carboxylic acids is 1. The molecule has 0 aliphatic carbocycles. The zero-order valence-electron chi connectivity index (χ0n) is 31.5. The maximum atomic E-state index is 12.5. The van der Waals surface area contributed by atoms with E-state index in [0.717, 1.165) is 32.1 Å². The smallest absolute Gasteiger partial charge is 0.457 e. The van der Waals surface area contributed by atoms with Crippen LogP contribution in [0.25, 0.3) is 0 Å². The third-order valence-corrected chi connectivity index (χ3v) is 9.67. The Hall–Kier alpha value is -0.760. The van der Waals surface area contributed by atoms with Crippen LogP contribution in [0.2, 0.25) is 0 Å². The monoisotopic (exact) mass is 704 g/mol. The normalized spacial score (nSPS) is 13.7. The topological polar surface area (TPSA) is 117 Å². The van der Waals surface area contributed by atoms with E-state index in [4.69, 9.17) is 24.3 Å². The van der Waals surface area contributed by atoms with Gasteiger partial charge in [-0.1, -0.05) is 161 Å². The van der Waals surface area contributed by atoms with Crippen LogP contribution in [0.3, 0.4) is 0 Å². The van der Waals surface area contributed by atoms with Crippen molar-refractivity contribution in [1.29, 1.82) is 0 Å². The average molecular weight is 704 g/mol. The van der Waals surface area contributed by atoms with Crippen LogP contribution in [0.5, 0.6) is 0 Å². The second kappa shape index (κ2) is 37.5. The maximum Gasteiger partial charge on any atom is 0.472 e. The summed E-state index contributed by atoms with van der Waals surface area (Å²) >= 11 is 0. The highest BCUT2D eigenvalue weighted by Gasteiger charge is 2.25. The van der Waals surface area contributed by atoms with Gasteiger partial charge in [-0.2, -0.15) is 0 Å². The zero-order chi connectivity index (χ0) is 35.2. The Kier molecular flexibility index (Phi) is 36.9. The Morgan fingerprint density at radius 2 is 1.04 bits per heavy atom. The predicted octanol–water partition coefficient (Wildman–Crippen LogP) is 11.5. The second-order valence-electron chi connectivity index (χ2n) is 13.5. The minimum Gasteiger partial charge on any atom is -0.457 e. The quantitative estimate of drug-likeness (QED) is 0.0281. The number of hydrogen-bond acceptors (Lipinski definition) is 7. The van der Waals surface area contributed by atoms with Crippen LogP contribution >= 0.6 is 7.82 Å². The molecule has 0 aliphatic rings. The van der Waals surface area contributed by atoms with E-state index in [-0.39, 0.29) is 32.3 Å². The molecular formula is C39H78NO7P. The largest absolute Gasteiger partial charge is 0.472 e. The molecule has 0 saturated heterocycles. The van der Waals surface area contributed by atoms with Crippen LogP contribution in [0.1, 0.15) is 194 Å². The highest BCUT2D eigenvalue weighted by Crippen LogP contribution is 2.43. The Morgan fingerprint density at radius 1 is 0.604 bits per heavy atom. The van der Waals surface area contributed by atoms with Crippen molar-refractivity contribution < 1.29 is 32.8 Å². The van der Waals surface area contributed by atoms with Gasteiger partial charge in [0, 0.05) is 19.6 Å². The van der Waals surface area contributed by atoms with Gasteiger partial charge in [-0.25, -0.2) is 4.57 Å². The minimum absolute atomic E-state index is 0.0930. The first-order chi connectivity index (χ1) is 23.4. The summed E-state index contributed by atoms with van der Waals surface area (Å²) in [5.41, 5.74) is 5.35. The summed E-state index contributed by atoms with van der Waals surface area (Å²) in [5.74, 6) is -0.332. The lowest BCUT2D eigenvalue weighted by Crippen LogP contribution is -2.28. The van der Waals surface area contributed by atoms with Crippen molar-refractivity contribution >= 4 is 13.8 Å². The number of allylic oxidation sites excluding steroid dienone is 2. The standard InChI is InChI=1S/C39H78NO7P/c1-3-5-7-9-11-13-14-15-16-17-18-19-20-21-22-23-24-25-26-28-30-32-39(41)47-38(37-46-48(42,43)45-35-33-40)36-44-34-31-29-27-12-10-8-6-4-2/h17-18,38H,3-16,19-37,40H2,1-2H3,(H,42,43)/b18-17-. The summed E-state index contributed by atoms with van der Waals surface area (Å²) in [6, 6.07) is 0. The molecule has 0 saturated carbocycles. The van der Waals surface area contributed by atoms with E-state index in [1.54, 1.807) is 0 Å². The molecule has 2 atom stereocenters. The van der Waals surface area contributed by atoms with Gasteiger partial charge < -0.3 is 20.1 Å². The maximum absolute atomic E-state index is 12.5. The summed E-state index contributed by atoms with van der Waals surface area (Å²) in [7, 11) is -4.26. The number of unbranched alkanes of at least 4 members (excludes halogenated alkanes) is 24. The fourth-order valence-corrected chi connectivity index (χ4v) is 6.46. The van der Waals surface area contributed by atoms with E-state index < -0.39 is 13.9 Å². The number of phosphoric ester groups is 1. The van der Waals surface area contributed by atoms with Gasteiger partial charge in [-0.05, 0) is 38.5 Å². The molecule has 286 valence electrons. The molecule has 0 aromatic heterocycles. The Morgan fingerprint density at radius 3 is 1.52 bits per heavy atom. The molecule has 8 nitrogen and oxygen atoms in total. The Bertz CT molecular complexity index is 752. The number of hydrogen-bond donors (Lipinski definition) is 2. The van der Waals surface area contributed by atoms with Crippen molar-refractivity contribution in [2.45, 2.75) is 200 Å². The lowest BCUT2D eigenvalue weighted by Gasteiger charge is -2.20. The van der Waals surface area contributed by atoms with Crippen LogP contribution in [-0.2, 0) is 27.9 Å². The number of rotatable bonds is 39. The Balaban J connectivity index is 3.92. The van der Waals surface area contributed by atoms with Crippen LogP contribution in [-0.4, -0.2) is 49.9 Å². The second-order valence-corrected chi connectivity index (χ2v) is 15.0. The predicted molar refractivity (Wildman–Crippen MR) is 201 cm³/mol.